The van der Waals surface area contributed by atoms with Crippen LogP contribution in [0, 0.1) is 0 Å². The smallest absolute Gasteiger partial charge is 0.322 e. The van der Waals surface area contributed by atoms with Gasteiger partial charge in [-0.05, 0) is 26.0 Å². The van der Waals surface area contributed by atoms with E-state index in [1.54, 1.807) is 23.1 Å². The third kappa shape index (κ3) is 3.55. The Balaban J connectivity index is 1.90. The van der Waals surface area contributed by atoms with Crippen LogP contribution in [0.1, 0.15) is 30.6 Å². The van der Waals surface area contributed by atoms with Crippen molar-refractivity contribution in [3.05, 3.63) is 29.8 Å². The molecule has 7 heteroatoms. The molecule has 1 heterocycles. The lowest BCUT2D eigenvalue weighted by atomic mass is 10.2. The molecule has 0 radical (unpaired) electrons. The molecule has 1 fully saturated rings. The van der Waals surface area contributed by atoms with E-state index in [1.807, 2.05) is 13.8 Å². The van der Waals surface area contributed by atoms with E-state index in [0.29, 0.717) is 12.2 Å². The van der Waals surface area contributed by atoms with Gasteiger partial charge in [0.15, 0.2) is 0 Å². The highest BCUT2D eigenvalue weighted by Gasteiger charge is 2.32. The van der Waals surface area contributed by atoms with Crippen LogP contribution in [-0.4, -0.2) is 41.4 Å². The number of likely N-dealkylation sites (tertiary alicyclic amines) is 1. The first-order valence-corrected chi connectivity index (χ1v) is 7.14. The summed E-state index contributed by atoms with van der Waals surface area (Å²) < 4.78 is 0. The lowest BCUT2D eigenvalue weighted by Crippen LogP contribution is -2.46. The van der Waals surface area contributed by atoms with Gasteiger partial charge in [0, 0.05) is 24.7 Å². The molecule has 22 heavy (non-hydrogen) atoms. The number of imide groups is 1. The first-order chi connectivity index (χ1) is 10.4. The zero-order valence-electron chi connectivity index (χ0n) is 12.6. The Kier molecular flexibility index (Phi) is 4.65. The Morgan fingerprint density at radius 1 is 1.32 bits per heavy atom. The van der Waals surface area contributed by atoms with Gasteiger partial charge in [-0.2, -0.15) is 0 Å². The molecule has 4 amide bonds. The molecule has 4 N–H and O–H groups in total. The number of nitrogen functional groups attached to an aromatic ring is 1. The van der Waals surface area contributed by atoms with Gasteiger partial charge >= 0.3 is 6.03 Å². The zero-order valence-corrected chi connectivity index (χ0v) is 12.6. The van der Waals surface area contributed by atoms with Gasteiger partial charge in [0.1, 0.15) is 0 Å². The van der Waals surface area contributed by atoms with Gasteiger partial charge in [0.05, 0.1) is 11.6 Å². The third-order valence-corrected chi connectivity index (χ3v) is 3.55. The van der Waals surface area contributed by atoms with Gasteiger partial charge in [0.2, 0.25) is 5.91 Å². The van der Waals surface area contributed by atoms with Crippen molar-refractivity contribution in [1.82, 2.24) is 15.5 Å². The standard InChI is InChI=1S/C15H20N4O3/c1-9(2)19-8-10(7-13(19)20)17-15(22)18-14(21)11-5-3-4-6-12(11)16/h3-6,9-10H,7-8,16H2,1-2H3,(H2,17,18,21,22). The average Bonchev–Trinajstić information content (AvgIpc) is 2.79. The molecule has 0 aromatic heterocycles. The van der Waals surface area contributed by atoms with Crippen LogP contribution >= 0.6 is 0 Å². The number of nitrogens with one attached hydrogen (secondary N) is 2. The molecule has 1 aliphatic heterocycles. The van der Waals surface area contributed by atoms with Crippen molar-refractivity contribution in [3.8, 4) is 0 Å². The van der Waals surface area contributed by atoms with Gasteiger partial charge < -0.3 is 16.0 Å². The number of anilines is 1. The first-order valence-electron chi connectivity index (χ1n) is 7.14. The Morgan fingerprint density at radius 3 is 2.59 bits per heavy atom. The molecule has 1 aromatic rings. The second-order valence-electron chi connectivity index (χ2n) is 5.56. The van der Waals surface area contributed by atoms with Crippen LogP contribution in [0.25, 0.3) is 0 Å². The van der Waals surface area contributed by atoms with Crippen LogP contribution in [0.15, 0.2) is 24.3 Å². The lowest BCUT2D eigenvalue weighted by Gasteiger charge is -2.21. The SMILES string of the molecule is CC(C)N1CC(NC(=O)NC(=O)c2ccccc2N)CC1=O. The predicted molar refractivity (Wildman–Crippen MR) is 82.1 cm³/mol. The number of urea groups is 1. The fourth-order valence-electron chi connectivity index (χ4n) is 2.42. The van der Waals surface area contributed by atoms with Gasteiger partial charge in [0.25, 0.3) is 5.91 Å². The van der Waals surface area contributed by atoms with E-state index in [9.17, 15) is 14.4 Å². The van der Waals surface area contributed by atoms with Crippen LogP contribution < -0.4 is 16.4 Å². The highest BCUT2D eigenvalue weighted by Crippen LogP contribution is 2.14. The number of para-hydroxylation sites is 1. The monoisotopic (exact) mass is 304 g/mol. The minimum absolute atomic E-state index is 0.000990. The third-order valence-electron chi connectivity index (χ3n) is 3.55. The average molecular weight is 304 g/mol. The number of carbonyl (C=O) groups excluding carboxylic acids is 3. The molecular weight excluding hydrogens is 284 g/mol. The van der Waals surface area contributed by atoms with Crippen LogP contribution in [0.5, 0.6) is 0 Å². The molecule has 0 aliphatic carbocycles. The minimum Gasteiger partial charge on any atom is -0.398 e. The topological polar surface area (TPSA) is 105 Å². The zero-order chi connectivity index (χ0) is 16.3. The summed E-state index contributed by atoms with van der Waals surface area (Å²) in [6, 6.07) is 5.66. The number of amides is 4. The fourth-order valence-corrected chi connectivity index (χ4v) is 2.42. The Labute approximate surface area is 128 Å². The van der Waals surface area contributed by atoms with E-state index in [0.717, 1.165) is 0 Å². The molecule has 7 nitrogen and oxygen atoms in total. The molecule has 0 spiro atoms. The van der Waals surface area contributed by atoms with Crippen molar-refractivity contribution in [3.63, 3.8) is 0 Å². The summed E-state index contributed by atoms with van der Waals surface area (Å²) in [4.78, 5) is 37.3. The lowest BCUT2D eigenvalue weighted by molar-refractivity contribution is -0.129. The molecule has 118 valence electrons. The Hall–Kier alpha value is -2.57. The molecule has 0 bridgehead atoms. The highest BCUT2D eigenvalue weighted by molar-refractivity contribution is 6.07. The second kappa shape index (κ2) is 6.46. The van der Waals surface area contributed by atoms with Crippen molar-refractivity contribution in [2.75, 3.05) is 12.3 Å². The van der Waals surface area contributed by atoms with Gasteiger partial charge in [-0.3, -0.25) is 14.9 Å². The van der Waals surface area contributed by atoms with E-state index in [-0.39, 0.29) is 30.0 Å². The molecule has 1 aliphatic rings. The summed E-state index contributed by atoms with van der Waals surface area (Å²) in [6.07, 6.45) is 0.243. The van der Waals surface area contributed by atoms with E-state index < -0.39 is 11.9 Å². The van der Waals surface area contributed by atoms with E-state index in [1.165, 1.54) is 6.07 Å². The largest absolute Gasteiger partial charge is 0.398 e. The summed E-state index contributed by atoms with van der Waals surface area (Å²) >= 11 is 0. The fraction of sp³-hybridized carbons (Fsp3) is 0.400. The van der Waals surface area contributed by atoms with Crippen molar-refractivity contribution in [2.24, 2.45) is 0 Å². The maximum absolute atomic E-state index is 12.0. The van der Waals surface area contributed by atoms with Crippen LogP contribution in [-0.2, 0) is 4.79 Å². The summed E-state index contributed by atoms with van der Waals surface area (Å²) in [6.45, 7) is 4.29. The van der Waals surface area contributed by atoms with Crippen molar-refractivity contribution in [1.29, 1.82) is 0 Å². The van der Waals surface area contributed by atoms with Crippen molar-refractivity contribution >= 4 is 23.5 Å². The van der Waals surface area contributed by atoms with Gasteiger partial charge in [-0.25, -0.2) is 4.79 Å². The molecule has 1 saturated heterocycles. The second-order valence-corrected chi connectivity index (χ2v) is 5.56. The van der Waals surface area contributed by atoms with Gasteiger partial charge in [-0.1, -0.05) is 12.1 Å². The number of benzene rings is 1. The normalized spacial score (nSPS) is 17.7. The number of nitrogens with zero attached hydrogens (tertiary/aromatic N) is 1. The van der Waals surface area contributed by atoms with Crippen molar-refractivity contribution < 1.29 is 14.4 Å². The van der Waals surface area contributed by atoms with E-state index in [2.05, 4.69) is 10.6 Å². The maximum Gasteiger partial charge on any atom is 0.322 e. The number of hydrogen-bond donors (Lipinski definition) is 3. The molecule has 2 rings (SSSR count). The minimum atomic E-state index is -0.628. The summed E-state index contributed by atoms with van der Waals surface area (Å²) in [7, 11) is 0. The Bertz CT molecular complexity index is 600. The van der Waals surface area contributed by atoms with Crippen LogP contribution in [0.4, 0.5) is 10.5 Å². The number of rotatable bonds is 3. The number of hydrogen-bond acceptors (Lipinski definition) is 4. The number of carbonyl (C=O) groups is 3. The molecule has 1 aromatic carbocycles. The quantitative estimate of drug-likeness (QED) is 0.715. The van der Waals surface area contributed by atoms with Crippen molar-refractivity contribution in [2.45, 2.75) is 32.4 Å². The molecule has 0 saturated carbocycles. The highest BCUT2D eigenvalue weighted by atomic mass is 16.2. The predicted octanol–water partition coefficient (Wildman–Crippen LogP) is 0.718. The van der Waals surface area contributed by atoms with E-state index in [4.69, 9.17) is 5.73 Å². The number of nitrogens with two attached hydrogens (primary N) is 1. The summed E-state index contributed by atoms with van der Waals surface area (Å²) in [5.41, 5.74) is 6.23. The van der Waals surface area contributed by atoms with Gasteiger partial charge in [-0.15, -0.1) is 0 Å². The summed E-state index contributed by atoms with van der Waals surface area (Å²) in [5.74, 6) is -0.570. The van der Waals surface area contributed by atoms with Crippen LogP contribution in [0.3, 0.4) is 0 Å². The maximum atomic E-state index is 12.0. The molecular formula is C15H20N4O3. The van der Waals surface area contributed by atoms with E-state index >= 15 is 0 Å². The molecule has 1 unspecified atom stereocenters. The summed E-state index contributed by atoms with van der Waals surface area (Å²) in [5, 5.41) is 4.86. The molecule has 1 atom stereocenters. The first kappa shape index (κ1) is 15.8. The Morgan fingerprint density at radius 2 is 2.00 bits per heavy atom. The van der Waals surface area contributed by atoms with Crippen LogP contribution in [0.2, 0.25) is 0 Å².